The number of furan rings is 1. The number of fused-ring (bicyclic) bond motifs is 2. The Balaban J connectivity index is 1.58. The van der Waals surface area contributed by atoms with Gasteiger partial charge in [0.25, 0.3) is 5.56 Å². The van der Waals surface area contributed by atoms with E-state index in [1.165, 1.54) is 18.0 Å². The van der Waals surface area contributed by atoms with Crippen LogP contribution in [-0.4, -0.2) is 41.7 Å². The first-order valence-corrected chi connectivity index (χ1v) is 13.8. The van der Waals surface area contributed by atoms with E-state index in [1.54, 1.807) is 44.2 Å². The first-order valence-electron chi connectivity index (χ1n) is 12.3. The average Bonchev–Trinajstić information content (AvgIpc) is 3.36. The predicted octanol–water partition coefficient (Wildman–Crippen LogP) is 6.56. The lowest BCUT2D eigenvalue weighted by Crippen LogP contribution is -2.26. The van der Waals surface area contributed by atoms with Crippen molar-refractivity contribution in [1.82, 2.24) is 9.66 Å². The van der Waals surface area contributed by atoms with Crippen LogP contribution in [0, 0.1) is 0 Å². The van der Waals surface area contributed by atoms with Crippen molar-refractivity contribution in [1.29, 1.82) is 0 Å². The van der Waals surface area contributed by atoms with Crippen LogP contribution in [0.4, 0.5) is 0 Å². The Labute approximate surface area is 245 Å². The molecule has 2 heterocycles. The van der Waals surface area contributed by atoms with E-state index in [0.717, 1.165) is 9.86 Å². The second kappa shape index (κ2) is 11.6. The quantitative estimate of drug-likeness (QED) is 0.136. The van der Waals surface area contributed by atoms with Crippen molar-refractivity contribution in [2.24, 2.45) is 5.10 Å². The van der Waals surface area contributed by atoms with Gasteiger partial charge in [0.15, 0.2) is 23.4 Å². The number of rotatable bonds is 8. The van der Waals surface area contributed by atoms with Gasteiger partial charge in [-0.3, -0.25) is 4.79 Å². The van der Waals surface area contributed by atoms with Crippen LogP contribution in [0.3, 0.4) is 0 Å². The van der Waals surface area contributed by atoms with Crippen LogP contribution < -0.4 is 15.0 Å². The molecule has 0 fully saturated rings. The molecule has 0 amide bonds. The monoisotopic (exact) mass is 667 g/mol. The third-order valence-electron chi connectivity index (χ3n) is 5.97. The maximum atomic E-state index is 13.6. The molecule has 5 rings (SSSR count). The summed E-state index contributed by atoms with van der Waals surface area (Å²) in [5, 5.41) is 5.78. The van der Waals surface area contributed by atoms with E-state index in [4.69, 9.17) is 23.6 Å². The molecule has 204 valence electrons. The fourth-order valence-corrected chi connectivity index (χ4v) is 4.84. The average molecular weight is 669 g/mol. The molecular weight excluding hydrogens is 646 g/mol. The van der Waals surface area contributed by atoms with E-state index >= 15 is 0 Å². The number of hydrogen-bond acceptors (Lipinski definition) is 8. The number of halogens is 2. The Morgan fingerprint density at radius 1 is 1.12 bits per heavy atom. The van der Waals surface area contributed by atoms with Crippen LogP contribution in [0.1, 0.15) is 19.4 Å². The lowest BCUT2D eigenvalue weighted by atomic mass is 10.2. The fourth-order valence-electron chi connectivity index (χ4n) is 4.03. The van der Waals surface area contributed by atoms with E-state index < -0.39 is 12.1 Å². The minimum Gasteiger partial charge on any atom is -0.493 e. The zero-order valence-corrected chi connectivity index (χ0v) is 24.9. The summed E-state index contributed by atoms with van der Waals surface area (Å²) in [4.78, 5) is 30.3. The van der Waals surface area contributed by atoms with Gasteiger partial charge < -0.3 is 18.6 Å². The normalized spacial score (nSPS) is 12.2. The summed E-state index contributed by atoms with van der Waals surface area (Å²) in [5.74, 6) is 0.860. The molecule has 0 unspecified atom stereocenters. The molecule has 0 radical (unpaired) electrons. The van der Waals surface area contributed by atoms with Gasteiger partial charge in [0.1, 0.15) is 5.58 Å². The number of hydrogen-bond donors (Lipinski definition) is 0. The van der Waals surface area contributed by atoms with Gasteiger partial charge in [0.05, 0.1) is 30.8 Å². The largest absolute Gasteiger partial charge is 0.493 e. The van der Waals surface area contributed by atoms with E-state index in [-0.39, 0.29) is 18.0 Å². The smallest absolute Gasteiger partial charge is 0.347 e. The number of carbonyl (C=O) groups is 1. The van der Waals surface area contributed by atoms with Crippen molar-refractivity contribution < 1.29 is 23.4 Å². The van der Waals surface area contributed by atoms with Crippen molar-refractivity contribution >= 4 is 65.9 Å². The van der Waals surface area contributed by atoms with Crippen LogP contribution in [0.25, 0.3) is 33.5 Å². The van der Waals surface area contributed by atoms with Gasteiger partial charge in [-0.15, -0.1) is 0 Å². The number of carbonyl (C=O) groups excluding carboxylic acids is 1. The third kappa shape index (κ3) is 5.52. The standard InChI is InChI=1S/C29H23Br2N3O6/c1-4-38-29(36)16(2)39-25-14-21(31)18(13-24(25)37-3)15-32-34-27(33-22-8-6-5-7-20(22)28(34)35)26-12-17-11-19(30)9-10-23(17)40-26/h5-16H,4H2,1-3H3/t16-/m0/s1. The summed E-state index contributed by atoms with van der Waals surface area (Å²) in [6.07, 6.45) is 0.667. The molecular formula is C29H23Br2N3O6. The molecule has 0 aliphatic heterocycles. The Bertz CT molecular complexity index is 1830. The lowest BCUT2D eigenvalue weighted by Gasteiger charge is -2.16. The second-order valence-electron chi connectivity index (χ2n) is 8.64. The summed E-state index contributed by atoms with van der Waals surface area (Å²) in [7, 11) is 1.49. The first-order chi connectivity index (χ1) is 19.3. The maximum absolute atomic E-state index is 13.6. The Morgan fingerprint density at radius 2 is 1.93 bits per heavy atom. The summed E-state index contributed by atoms with van der Waals surface area (Å²) in [5.41, 5.74) is 1.41. The Morgan fingerprint density at radius 3 is 2.70 bits per heavy atom. The fraction of sp³-hybridized carbons (Fsp3) is 0.172. The minimum absolute atomic E-state index is 0.249. The zero-order chi connectivity index (χ0) is 28.4. The van der Waals surface area contributed by atoms with Gasteiger partial charge in [-0.05, 0) is 78.3 Å². The molecule has 2 aromatic heterocycles. The lowest BCUT2D eigenvalue weighted by molar-refractivity contribution is -0.150. The number of nitrogens with zero attached hydrogens (tertiary/aromatic N) is 3. The van der Waals surface area contributed by atoms with Crippen LogP contribution in [0.2, 0.25) is 0 Å². The first kappa shape index (κ1) is 27.6. The molecule has 0 aliphatic rings. The van der Waals surface area contributed by atoms with Crippen LogP contribution in [-0.2, 0) is 9.53 Å². The number of benzene rings is 3. The molecule has 0 spiro atoms. The highest BCUT2D eigenvalue weighted by molar-refractivity contribution is 9.10. The predicted molar refractivity (Wildman–Crippen MR) is 159 cm³/mol. The van der Waals surface area contributed by atoms with Gasteiger partial charge in [-0.1, -0.05) is 28.1 Å². The van der Waals surface area contributed by atoms with E-state index in [2.05, 4.69) is 37.0 Å². The van der Waals surface area contributed by atoms with Gasteiger partial charge in [-0.25, -0.2) is 9.78 Å². The Hall–Kier alpha value is -3.96. The van der Waals surface area contributed by atoms with E-state index in [9.17, 15) is 9.59 Å². The number of para-hydroxylation sites is 1. The molecule has 1 atom stereocenters. The highest BCUT2D eigenvalue weighted by atomic mass is 79.9. The van der Waals surface area contributed by atoms with Crippen molar-refractivity contribution in [2.45, 2.75) is 20.0 Å². The van der Waals surface area contributed by atoms with Gasteiger partial charge in [0, 0.05) is 19.9 Å². The van der Waals surface area contributed by atoms with Gasteiger partial charge >= 0.3 is 5.97 Å². The van der Waals surface area contributed by atoms with Crippen molar-refractivity contribution in [2.75, 3.05) is 13.7 Å². The van der Waals surface area contributed by atoms with Crippen LogP contribution >= 0.6 is 31.9 Å². The molecule has 3 aromatic carbocycles. The molecule has 0 aliphatic carbocycles. The molecule has 5 aromatic rings. The SMILES string of the molecule is CCOC(=O)[C@H](C)Oc1cc(Br)c(C=Nn2c(-c3cc4cc(Br)ccc4o3)nc3ccccc3c2=O)cc1OC. The van der Waals surface area contributed by atoms with Crippen molar-refractivity contribution in [3.05, 3.63) is 85.5 Å². The molecule has 0 N–H and O–H groups in total. The molecule has 0 saturated carbocycles. The second-order valence-corrected chi connectivity index (χ2v) is 10.4. The molecule has 0 saturated heterocycles. The van der Waals surface area contributed by atoms with Crippen LogP contribution in [0.5, 0.6) is 11.5 Å². The highest BCUT2D eigenvalue weighted by Crippen LogP contribution is 2.34. The van der Waals surface area contributed by atoms with Crippen molar-refractivity contribution in [3.8, 4) is 23.1 Å². The number of esters is 1. The topological polar surface area (TPSA) is 105 Å². The Kier molecular flexibility index (Phi) is 8.04. The summed E-state index contributed by atoms with van der Waals surface area (Å²) >= 11 is 7.00. The summed E-state index contributed by atoms with van der Waals surface area (Å²) < 4.78 is 25.0. The van der Waals surface area contributed by atoms with Gasteiger partial charge in [0.2, 0.25) is 5.82 Å². The van der Waals surface area contributed by atoms with Gasteiger partial charge in [-0.2, -0.15) is 9.78 Å². The van der Waals surface area contributed by atoms with E-state index in [0.29, 0.717) is 43.8 Å². The molecule has 9 nitrogen and oxygen atoms in total. The zero-order valence-electron chi connectivity index (χ0n) is 21.7. The third-order valence-corrected chi connectivity index (χ3v) is 7.15. The highest BCUT2D eigenvalue weighted by Gasteiger charge is 2.20. The number of methoxy groups -OCH3 is 1. The minimum atomic E-state index is -0.838. The summed E-state index contributed by atoms with van der Waals surface area (Å²) in [6.45, 7) is 3.57. The molecule has 40 heavy (non-hydrogen) atoms. The number of ether oxygens (including phenoxy) is 3. The number of aromatic nitrogens is 2. The summed E-state index contributed by atoms with van der Waals surface area (Å²) in [6, 6.07) is 17.9. The van der Waals surface area contributed by atoms with E-state index in [1.807, 2.05) is 30.3 Å². The van der Waals surface area contributed by atoms with Crippen molar-refractivity contribution in [3.63, 3.8) is 0 Å². The maximum Gasteiger partial charge on any atom is 0.347 e. The molecule has 11 heteroatoms. The molecule has 0 bridgehead atoms. The van der Waals surface area contributed by atoms with Crippen LogP contribution in [0.15, 0.2) is 83.9 Å².